The van der Waals surface area contributed by atoms with Gasteiger partial charge in [-0.3, -0.25) is 0 Å². The molecule has 2 heteroatoms. The average molecular weight is 202 g/mol. The third kappa shape index (κ3) is 9.97. The van der Waals surface area contributed by atoms with Gasteiger partial charge in [0.05, 0.1) is 6.10 Å². The maximum absolute atomic E-state index is 9.49. The van der Waals surface area contributed by atoms with Crippen LogP contribution in [0.4, 0.5) is 0 Å². The summed E-state index contributed by atoms with van der Waals surface area (Å²) in [6, 6.07) is 0. The molecule has 1 atom stereocenters. The Balaban J connectivity index is 3.34. The van der Waals surface area contributed by atoms with Crippen LogP contribution in [0, 0.1) is 0 Å². The Kier molecular flexibility index (Phi) is 8.67. The third-order valence-corrected chi connectivity index (χ3v) is 2.64. The summed E-state index contributed by atoms with van der Waals surface area (Å²) in [6.07, 6.45) is 5.98. The lowest BCUT2D eigenvalue weighted by Gasteiger charge is -2.05. The Morgan fingerprint density at radius 2 is 2.08 bits per heavy atom. The van der Waals surface area contributed by atoms with Gasteiger partial charge < -0.3 is 5.11 Å². The van der Waals surface area contributed by atoms with Gasteiger partial charge in [0.15, 0.2) is 0 Å². The lowest BCUT2D eigenvalue weighted by atomic mass is 10.1. The molecule has 0 aromatic heterocycles. The molecular formula is C11H22OS. The molecule has 1 nitrogen and oxygen atoms in total. The highest BCUT2D eigenvalue weighted by molar-refractivity contribution is 8.02. The molecule has 0 aromatic rings. The van der Waals surface area contributed by atoms with Crippen molar-refractivity contribution in [3.63, 3.8) is 0 Å². The normalized spacial score (nSPS) is 14.2. The van der Waals surface area contributed by atoms with E-state index < -0.39 is 0 Å². The summed E-state index contributed by atoms with van der Waals surface area (Å²) >= 11 is 1.81. The van der Waals surface area contributed by atoms with Crippen LogP contribution in [0.1, 0.15) is 46.5 Å². The first-order valence-corrected chi connectivity index (χ1v) is 6.09. The summed E-state index contributed by atoms with van der Waals surface area (Å²) in [7, 11) is 0. The van der Waals surface area contributed by atoms with Crippen LogP contribution in [0.5, 0.6) is 0 Å². The Bertz CT molecular complexity index is 132. The van der Waals surface area contributed by atoms with Crippen molar-refractivity contribution in [3.8, 4) is 0 Å². The van der Waals surface area contributed by atoms with Gasteiger partial charge in [0.1, 0.15) is 0 Å². The molecule has 1 N–H and O–H groups in total. The van der Waals surface area contributed by atoms with E-state index in [1.807, 2.05) is 0 Å². The first-order chi connectivity index (χ1) is 6.16. The highest BCUT2D eigenvalue weighted by Gasteiger charge is 1.99. The first kappa shape index (κ1) is 13.1. The number of hydrogen-bond donors (Lipinski definition) is 1. The first-order valence-electron chi connectivity index (χ1n) is 5.15. The van der Waals surface area contributed by atoms with Crippen LogP contribution in [0.3, 0.4) is 0 Å². The molecule has 0 aromatic carbocycles. The lowest BCUT2D eigenvalue weighted by Crippen LogP contribution is -2.03. The van der Waals surface area contributed by atoms with Gasteiger partial charge in [-0.2, -0.15) is 0 Å². The van der Waals surface area contributed by atoms with Gasteiger partial charge in [-0.1, -0.05) is 39.7 Å². The van der Waals surface area contributed by atoms with E-state index in [0.717, 1.165) is 19.3 Å². The second kappa shape index (κ2) is 8.64. The Hall–Kier alpha value is 0.0500. The van der Waals surface area contributed by atoms with Crippen molar-refractivity contribution in [1.29, 1.82) is 0 Å². The molecule has 0 fully saturated rings. The minimum atomic E-state index is -0.135. The molecule has 0 saturated heterocycles. The number of rotatable bonds is 7. The largest absolute Gasteiger partial charge is 0.393 e. The van der Waals surface area contributed by atoms with Crippen LogP contribution < -0.4 is 0 Å². The smallest absolute Gasteiger partial charge is 0.0574 e. The number of aliphatic hydroxyl groups is 1. The Morgan fingerprint density at radius 3 is 2.62 bits per heavy atom. The minimum Gasteiger partial charge on any atom is -0.393 e. The second-order valence-electron chi connectivity index (χ2n) is 3.59. The quantitative estimate of drug-likeness (QED) is 0.681. The molecular weight excluding hydrogens is 180 g/mol. The molecule has 0 saturated carbocycles. The van der Waals surface area contributed by atoms with E-state index in [9.17, 15) is 5.11 Å². The van der Waals surface area contributed by atoms with Crippen molar-refractivity contribution < 1.29 is 5.11 Å². The number of aliphatic hydroxyl groups excluding tert-OH is 1. The summed E-state index contributed by atoms with van der Waals surface area (Å²) in [4.78, 5) is 0. The fourth-order valence-corrected chi connectivity index (χ4v) is 1.52. The highest BCUT2D eigenvalue weighted by Crippen LogP contribution is 2.12. The van der Waals surface area contributed by atoms with E-state index in [-0.39, 0.29) is 6.10 Å². The molecule has 0 amide bonds. The van der Waals surface area contributed by atoms with E-state index in [1.165, 1.54) is 6.42 Å². The molecule has 0 aliphatic heterocycles. The molecule has 1 unspecified atom stereocenters. The lowest BCUT2D eigenvalue weighted by molar-refractivity contribution is 0.164. The van der Waals surface area contributed by atoms with Gasteiger partial charge in [0, 0.05) is 5.25 Å². The maximum Gasteiger partial charge on any atom is 0.0574 e. The van der Waals surface area contributed by atoms with Gasteiger partial charge >= 0.3 is 0 Å². The zero-order valence-electron chi connectivity index (χ0n) is 8.99. The third-order valence-electron chi connectivity index (χ3n) is 1.75. The van der Waals surface area contributed by atoms with Crippen LogP contribution in [0.15, 0.2) is 11.5 Å². The van der Waals surface area contributed by atoms with Gasteiger partial charge in [-0.25, -0.2) is 0 Å². The van der Waals surface area contributed by atoms with Crippen LogP contribution in [-0.2, 0) is 0 Å². The Morgan fingerprint density at radius 1 is 1.38 bits per heavy atom. The molecule has 0 bridgehead atoms. The predicted octanol–water partition coefficient (Wildman–Crippen LogP) is 3.58. The molecule has 0 heterocycles. The van der Waals surface area contributed by atoms with E-state index in [0.29, 0.717) is 5.25 Å². The topological polar surface area (TPSA) is 20.2 Å². The standard InChI is InChI=1S/C11H22OS/c1-4-5-7-11(12)8-6-9-13-10(2)3/h6,9-12H,4-5,7-8H2,1-3H3/b9-6+. The molecule has 78 valence electrons. The van der Waals surface area contributed by atoms with Crippen LogP contribution in [0.25, 0.3) is 0 Å². The molecule has 0 spiro atoms. The highest BCUT2D eigenvalue weighted by atomic mass is 32.2. The number of unbranched alkanes of at least 4 members (excludes halogenated alkanes) is 1. The van der Waals surface area contributed by atoms with Gasteiger partial charge in [-0.05, 0) is 18.2 Å². The van der Waals surface area contributed by atoms with Crippen LogP contribution >= 0.6 is 11.8 Å². The minimum absolute atomic E-state index is 0.135. The zero-order chi connectivity index (χ0) is 10.1. The van der Waals surface area contributed by atoms with Gasteiger partial charge in [-0.15, -0.1) is 11.8 Å². The Labute approximate surface area is 86.6 Å². The molecule has 0 aliphatic carbocycles. The monoisotopic (exact) mass is 202 g/mol. The summed E-state index contributed by atoms with van der Waals surface area (Å²) in [5.74, 6) is 0. The maximum atomic E-state index is 9.49. The summed E-state index contributed by atoms with van der Waals surface area (Å²) in [5, 5.41) is 12.2. The molecule has 13 heavy (non-hydrogen) atoms. The van der Waals surface area contributed by atoms with Crippen molar-refractivity contribution in [3.05, 3.63) is 11.5 Å². The SMILES string of the molecule is CCCCC(O)C/C=C/SC(C)C. The molecule has 0 radical (unpaired) electrons. The number of thioether (sulfide) groups is 1. The van der Waals surface area contributed by atoms with Crippen LogP contribution in [-0.4, -0.2) is 16.5 Å². The van der Waals surface area contributed by atoms with Crippen molar-refractivity contribution in [2.24, 2.45) is 0 Å². The number of hydrogen-bond acceptors (Lipinski definition) is 2. The fourth-order valence-electron chi connectivity index (χ4n) is 0.983. The van der Waals surface area contributed by atoms with Crippen molar-refractivity contribution in [1.82, 2.24) is 0 Å². The molecule has 0 rings (SSSR count). The van der Waals surface area contributed by atoms with Gasteiger partial charge in [0.2, 0.25) is 0 Å². The van der Waals surface area contributed by atoms with Crippen molar-refractivity contribution >= 4 is 11.8 Å². The van der Waals surface area contributed by atoms with Gasteiger partial charge in [0.25, 0.3) is 0 Å². The summed E-state index contributed by atoms with van der Waals surface area (Å²) < 4.78 is 0. The molecule has 0 aliphatic rings. The van der Waals surface area contributed by atoms with E-state index in [1.54, 1.807) is 11.8 Å². The van der Waals surface area contributed by atoms with Crippen molar-refractivity contribution in [2.75, 3.05) is 0 Å². The van der Waals surface area contributed by atoms with E-state index >= 15 is 0 Å². The van der Waals surface area contributed by atoms with Crippen molar-refractivity contribution in [2.45, 2.75) is 57.8 Å². The predicted molar refractivity (Wildman–Crippen MR) is 62.0 cm³/mol. The summed E-state index contributed by atoms with van der Waals surface area (Å²) in [6.45, 7) is 6.49. The van der Waals surface area contributed by atoms with Crippen LogP contribution in [0.2, 0.25) is 0 Å². The average Bonchev–Trinajstić information content (AvgIpc) is 2.08. The fraction of sp³-hybridized carbons (Fsp3) is 0.818. The van der Waals surface area contributed by atoms with E-state index in [2.05, 4.69) is 32.3 Å². The zero-order valence-corrected chi connectivity index (χ0v) is 9.81. The van der Waals surface area contributed by atoms with E-state index in [4.69, 9.17) is 0 Å². The summed E-state index contributed by atoms with van der Waals surface area (Å²) in [5.41, 5.74) is 0. The second-order valence-corrected chi connectivity index (χ2v) is 5.08.